The van der Waals surface area contributed by atoms with Crippen molar-refractivity contribution in [3.8, 4) is 0 Å². The third kappa shape index (κ3) is 9.66. The molecule has 362 valence electrons. The van der Waals surface area contributed by atoms with Crippen molar-refractivity contribution in [3.05, 3.63) is 38.0 Å². The number of hydrogen-bond donors (Lipinski definition) is 7. The maximum Gasteiger partial charge on any atom is 0.167 e. The Balaban J connectivity index is 0.918. The van der Waals surface area contributed by atoms with E-state index < -0.39 is 114 Å². The van der Waals surface area contributed by atoms with Crippen molar-refractivity contribution in [1.29, 1.82) is 0 Å². The molecule has 0 bridgehead atoms. The zero-order chi connectivity index (χ0) is 47.7. The molecule has 0 saturated carbocycles. The van der Waals surface area contributed by atoms with Gasteiger partial charge < -0.3 is 94.0 Å². The molecule has 2 unspecified atom stereocenters. The zero-order valence-electron chi connectivity index (χ0n) is 33.4. The highest BCUT2D eigenvalue weighted by Gasteiger charge is 2.50. The van der Waals surface area contributed by atoms with Crippen molar-refractivity contribution >= 4 is 107 Å². The standard InChI is InChI=1S/C30H38N15O16P3S3/c31-22-13-25(37-4-34-22)43(7-40-13)28-19(49)16(46)10(57-28)2-55-63(52,66)61-21-18(48)12(59-30(21)45-9-42-15-24(33)36-6-39-27(15)45)3-56-64(53,67)60-20-17(47)11(1-54-62(50,51)65)58-29(20)44-8-41-14-23(32)35-5-38-26(14)44/h4-12,16-21,28-30,46-49H,1-3H2,(H,52,66)(H,53,67)(H2,31,34,37)(H2,32,35,38)(H2,33,36,39)(H2,50,51,65)/p-4/t10-,11-,12-,16-,17-,18-,19-,20-,21-,28-,29-,30-,63?,64?/m1/s1. The van der Waals surface area contributed by atoms with Gasteiger partial charge in [-0.3, -0.25) is 13.7 Å². The Bertz CT molecular complexity index is 2950. The lowest BCUT2D eigenvalue weighted by molar-refractivity contribution is -0.322. The van der Waals surface area contributed by atoms with Gasteiger partial charge in [0.05, 0.1) is 38.8 Å². The molecule has 14 atom stereocenters. The summed E-state index contributed by atoms with van der Waals surface area (Å²) in [6.45, 7) is -16.6. The Morgan fingerprint density at radius 2 is 0.851 bits per heavy atom. The van der Waals surface area contributed by atoms with E-state index in [-0.39, 0.29) is 50.9 Å². The number of aliphatic hydroxyl groups excluding tert-OH is 4. The topological polar surface area (TPSA) is 456 Å². The summed E-state index contributed by atoms with van der Waals surface area (Å²) in [5.41, 5.74) is 18.5. The molecule has 0 aliphatic carbocycles. The molecule has 6 aromatic rings. The van der Waals surface area contributed by atoms with E-state index in [4.69, 9.17) is 73.1 Å². The number of nitrogens with two attached hydrogens (primary N) is 3. The number of aromatic nitrogens is 12. The summed E-state index contributed by atoms with van der Waals surface area (Å²) in [7, 11) is 0. The van der Waals surface area contributed by atoms with Crippen molar-refractivity contribution in [2.45, 2.75) is 73.6 Å². The van der Waals surface area contributed by atoms with Gasteiger partial charge >= 0.3 is 0 Å². The molecule has 3 aliphatic heterocycles. The summed E-state index contributed by atoms with van der Waals surface area (Å²) in [6.07, 6.45) is -11.8. The van der Waals surface area contributed by atoms with Crippen LogP contribution in [0.3, 0.4) is 0 Å². The number of anilines is 3. The Hall–Kier alpha value is -3.64. The van der Waals surface area contributed by atoms with E-state index in [0.29, 0.717) is 0 Å². The van der Waals surface area contributed by atoms with E-state index in [1.807, 2.05) is 0 Å². The first-order valence-corrected chi connectivity index (χ1v) is 26.8. The van der Waals surface area contributed by atoms with Crippen LogP contribution in [0.5, 0.6) is 0 Å². The van der Waals surface area contributed by atoms with Gasteiger partial charge in [-0.2, -0.15) is 0 Å². The second-order valence-electron chi connectivity index (χ2n) is 14.8. The molecule has 10 N–H and O–H groups in total. The second-order valence-corrected chi connectivity index (χ2v) is 22.7. The summed E-state index contributed by atoms with van der Waals surface area (Å²) in [5.74, 6) is -0.00532. The highest BCUT2D eigenvalue weighted by Crippen LogP contribution is 2.50. The summed E-state index contributed by atoms with van der Waals surface area (Å²) in [6, 6.07) is 0. The van der Waals surface area contributed by atoms with Crippen LogP contribution in [0.4, 0.5) is 17.5 Å². The van der Waals surface area contributed by atoms with E-state index in [9.17, 15) is 40.0 Å². The largest absolute Gasteiger partial charge is 0.812 e. The third-order valence-electron chi connectivity index (χ3n) is 10.6. The SMILES string of the molecule is Nc1ncnc2c1ncn2[C@@H]1O[C@H](COP([O-])(=S)O[C@@H]2[C@H](O)[C@@H](COP([O-])(=S)O[C@@H]3[C@H](O)[C@@H](COP([O-])([O-])=S)O[C@H]3n3cnc4c(N)ncnc43)O[C@H]2n2cnc3c(N)ncnc32)[C@@H](O)[C@H]1O. The molecule has 3 aliphatic rings. The van der Waals surface area contributed by atoms with Crippen LogP contribution in [0.2, 0.25) is 0 Å². The van der Waals surface area contributed by atoms with Gasteiger partial charge in [-0.05, 0) is 0 Å². The lowest BCUT2D eigenvalue weighted by atomic mass is 10.1. The van der Waals surface area contributed by atoms with Gasteiger partial charge in [0.1, 0.15) is 104 Å². The van der Waals surface area contributed by atoms with Gasteiger partial charge in [0.25, 0.3) is 0 Å². The van der Waals surface area contributed by atoms with Gasteiger partial charge in [-0.25, -0.2) is 44.9 Å². The lowest BCUT2D eigenvalue weighted by Crippen LogP contribution is -2.38. The van der Waals surface area contributed by atoms with E-state index in [1.54, 1.807) is 0 Å². The maximum absolute atomic E-state index is 13.9. The number of ether oxygens (including phenoxy) is 3. The van der Waals surface area contributed by atoms with Gasteiger partial charge in [-0.15, -0.1) is 11.8 Å². The first-order valence-electron chi connectivity index (χ1n) is 19.1. The number of imidazole rings is 3. The molecule has 3 fully saturated rings. The zero-order valence-corrected chi connectivity index (χ0v) is 38.5. The molecule has 67 heavy (non-hydrogen) atoms. The van der Waals surface area contributed by atoms with E-state index in [2.05, 4.69) is 61.2 Å². The minimum atomic E-state index is -4.80. The van der Waals surface area contributed by atoms with Gasteiger partial charge in [0.2, 0.25) is 0 Å². The molecular weight excluding hydrogens is 1020 g/mol. The van der Waals surface area contributed by atoms with Gasteiger partial charge in [-0.1, -0.05) is 30.3 Å². The Morgan fingerprint density at radius 1 is 0.507 bits per heavy atom. The summed E-state index contributed by atoms with van der Waals surface area (Å²) < 4.78 is 48.7. The third-order valence-corrected chi connectivity index (χ3v) is 14.5. The molecule has 3 saturated heterocycles. The molecule has 6 aromatic heterocycles. The van der Waals surface area contributed by atoms with Crippen LogP contribution in [0, 0.1) is 0 Å². The molecule has 9 rings (SSSR count). The minimum absolute atomic E-state index is 0.0254. The molecule has 9 heterocycles. The fourth-order valence-electron chi connectivity index (χ4n) is 7.51. The fourth-order valence-corrected chi connectivity index (χ4v) is 10.8. The van der Waals surface area contributed by atoms with Crippen molar-refractivity contribution in [1.82, 2.24) is 58.6 Å². The molecular formula is C30H34N15O16P3S3-4. The van der Waals surface area contributed by atoms with Crippen LogP contribution >= 0.6 is 20.2 Å². The molecule has 37 heteroatoms. The predicted molar refractivity (Wildman–Crippen MR) is 225 cm³/mol. The number of fused-ring (bicyclic) bond motifs is 3. The summed E-state index contributed by atoms with van der Waals surface area (Å²) in [4.78, 5) is 87.7. The van der Waals surface area contributed by atoms with Crippen molar-refractivity contribution in [3.63, 3.8) is 0 Å². The first kappa shape index (κ1) is 48.4. The number of hydrogen-bond acceptors (Lipinski definition) is 31. The van der Waals surface area contributed by atoms with E-state index >= 15 is 0 Å². The van der Waals surface area contributed by atoms with E-state index in [1.165, 1.54) is 39.0 Å². The number of nitrogen functional groups attached to an aromatic ring is 3. The quantitative estimate of drug-likeness (QED) is 0.0444. The molecule has 0 aromatic carbocycles. The molecule has 0 radical (unpaired) electrons. The Kier molecular flexibility index (Phi) is 13.4. The summed E-state index contributed by atoms with van der Waals surface area (Å²) >= 11 is 14.7. The smallest absolute Gasteiger partial charge is 0.167 e. The van der Waals surface area contributed by atoms with Crippen LogP contribution in [0.1, 0.15) is 18.7 Å². The van der Waals surface area contributed by atoms with Crippen LogP contribution in [0.15, 0.2) is 38.0 Å². The number of nitrogens with zero attached hydrogens (tertiary/aromatic N) is 12. The number of aliphatic hydroxyl groups is 4. The summed E-state index contributed by atoms with van der Waals surface area (Å²) in [5, 5.41) is 44.8. The lowest BCUT2D eigenvalue weighted by Gasteiger charge is -2.35. The predicted octanol–water partition coefficient (Wildman–Crippen LogP) is -5.68. The first-order chi connectivity index (χ1) is 31.7. The van der Waals surface area contributed by atoms with Crippen LogP contribution in [-0.2, 0) is 72.2 Å². The number of rotatable bonds is 16. The molecule has 0 spiro atoms. The average Bonchev–Trinajstić information content (AvgIpc) is 4.13. The van der Waals surface area contributed by atoms with Crippen LogP contribution < -0.4 is 36.8 Å². The average molecular weight is 1050 g/mol. The highest BCUT2D eigenvalue weighted by atomic mass is 32.5. The van der Waals surface area contributed by atoms with Crippen molar-refractivity contribution < 1.29 is 76.8 Å². The van der Waals surface area contributed by atoms with E-state index in [0.717, 1.165) is 12.7 Å². The van der Waals surface area contributed by atoms with Gasteiger partial charge in [0, 0.05) is 0 Å². The normalized spacial score (nSPS) is 31.0. The van der Waals surface area contributed by atoms with Crippen LogP contribution in [-0.4, -0.2) is 154 Å². The molecule has 31 nitrogen and oxygen atoms in total. The van der Waals surface area contributed by atoms with Crippen molar-refractivity contribution in [2.24, 2.45) is 0 Å². The monoisotopic (exact) mass is 1050 g/mol. The van der Waals surface area contributed by atoms with Crippen LogP contribution in [0.25, 0.3) is 33.5 Å². The maximum atomic E-state index is 13.9. The minimum Gasteiger partial charge on any atom is -0.812 e. The Morgan fingerprint density at radius 3 is 1.24 bits per heavy atom. The fraction of sp³-hybridized carbons (Fsp3) is 0.500. The van der Waals surface area contributed by atoms with Gasteiger partial charge in [0.15, 0.2) is 53.1 Å². The highest BCUT2D eigenvalue weighted by molar-refractivity contribution is 8.06. The second kappa shape index (κ2) is 18.6. The van der Waals surface area contributed by atoms with Crippen molar-refractivity contribution in [2.75, 3.05) is 37.0 Å². The molecule has 0 amide bonds. The Labute approximate surface area is 389 Å².